The van der Waals surface area contributed by atoms with Gasteiger partial charge in [-0.25, -0.2) is 8.60 Å². The van der Waals surface area contributed by atoms with Gasteiger partial charge in [-0.2, -0.15) is 5.10 Å². The zero-order chi connectivity index (χ0) is 14.0. The van der Waals surface area contributed by atoms with Gasteiger partial charge in [-0.3, -0.25) is 14.1 Å². The molecule has 2 rings (SSSR count). The van der Waals surface area contributed by atoms with Gasteiger partial charge < -0.3 is 5.43 Å². The van der Waals surface area contributed by atoms with Crippen molar-refractivity contribution < 1.29 is 13.2 Å². The van der Waals surface area contributed by atoms with Crippen LogP contribution in [0.15, 0.2) is 12.4 Å². The molecule has 108 valence electrons. The van der Waals surface area contributed by atoms with Crippen LogP contribution < -0.4 is 5.43 Å². The number of nitrogens with zero attached hydrogens (tertiary/aromatic N) is 4. The van der Waals surface area contributed by atoms with Gasteiger partial charge in [-0.05, 0) is 13.5 Å². The molecule has 2 N–H and O–H groups in total. The summed E-state index contributed by atoms with van der Waals surface area (Å²) in [5.41, 5.74) is 3.43. The summed E-state index contributed by atoms with van der Waals surface area (Å²) in [6.45, 7) is 0.623. The number of hydrazine groups is 1. The second-order valence-corrected chi connectivity index (χ2v) is 5.63. The van der Waals surface area contributed by atoms with Crippen molar-refractivity contribution in [2.75, 3.05) is 25.6 Å². The fourth-order valence-corrected chi connectivity index (χ4v) is 2.67. The number of hydrogen-bond acceptors (Lipinski definition) is 4. The minimum Gasteiger partial charge on any atom is -0.302 e. The van der Waals surface area contributed by atoms with E-state index in [4.69, 9.17) is 0 Å². The average Bonchev–Trinajstić information content (AvgIpc) is 2.85. The van der Waals surface area contributed by atoms with Gasteiger partial charge in [0, 0.05) is 32.4 Å². The lowest BCUT2D eigenvalue weighted by molar-refractivity contribution is 0.264. The van der Waals surface area contributed by atoms with E-state index in [-0.39, 0.29) is 12.6 Å². The molecule has 1 fully saturated rings. The molecule has 1 aliphatic rings. The third-order valence-electron chi connectivity index (χ3n) is 3.16. The van der Waals surface area contributed by atoms with Crippen molar-refractivity contribution >= 4 is 17.0 Å². The lowest BCUT2D eigenvalue weighted by atomic mass is 10.2. The number of aromatic nitrogens is 2. The minimum atomic E-state index is -2.18. The first-order valence-corrected chi connectivity index (χ1v) is 7.00. The summed E-state index contributed by atoms with van der Waals surface area (Å²) in [6, 6.07) is -0.0877. The average molecular weight is 291 g/mol. The highest BCUT2D eigenvalue weighted by molar-refractivity contribution is 7.76. The SMILES string of the molecule is CN1C[C@H](F)C[C@H]1CN(Nc1cnn(C)c1)S(=O)O. The number of alkyl halides is 1. The van der Waals surface area contributed by atoms with Crippen LogP contribution in [0.2, 0.25) is 0 Å². The first kappa shape index (κ1) is 14.4. The summed E-state index contributed by atoms with van der Waals surface area (Å²) in [7, 11) is 3.57. The molecule has 9 heteroatoms. The second-order valence-electron chi connectivity index (χ2n) is 4.73. The Labute approximate surface area is 113 Å². The van der Waals surface area contributed by atoms with Crippen LogP contribution in [-0.2, 0) is 18.3 Å². The van der Waals surface area contributed by atoms with Gasteiger partial charge in [0.25, 0.3) is 11.3 Å². The van der Waals surface area contributed by atoms with Gasteiger partial charge in [0.1, 0.15) is 6.17 Å². The molecule has 0 aromatic carbocycles. The molecule has 0 amide bonds. The highest BCUT2D eigenvalue weighted by atomic mass is 32.2. The molecule has 1 unspecified atom stereocenters. The molecule has 0 aliphatic carbocycles. The molecule has 0 saturated carbocycles. The van der Waals surface area contributed by atoms with E-state index in [9.17, 15) is 13.2 Å². The van der Waals surface area contributed by atoms with Crippen molar-refractivity contribution in [3.05, 3.63) is 12.4 Å². The maximum absolute atomic E-state index is 13.3. The minimum absolute atomic E-state index is 0.0877. The van der Waals surface area contributed by atoms with Gasteiger partial charge >= 0.3 is 0 Å². The Morgan fingerprint density at radius 1 is 1.68 bits per heavy atom. The first-order chi connectivity index (χ1) is 8.95. The summed E-state index contributed by atoms with van der Waals surface area (Å²) < 4.78 is 36.6. The Balaban J connectivity index is 1.98. The fourth-order valence-electron chi connectivity index (χ4n) is 2.19. The lowest BCUT2D eigenvalue weighted by Gasteiger charge is -2.25. The van der Waals surface area contributed by atoms with E-state index in [1.54, 1.807) is 24.1 Å². The van der Waals surface area contributed by atoms with Crippen molar-refractivity contribution in [2.24, 2.45) is 7.05 Å². The number of likely N-dealkylation sites (N-methyl/N-ethyl adjacent to an activating group) is 1. The Morgan fingerprint density at radius 3 is 2.89 bits per heavy atom. The van der Waals surface area contributed by atoms with Crippen LogP contribution in [-0.4, -0.2) is 60.2 Å². The van der Waals surface area contributed by atoms with Crippen molar-refractivity contribution in [3.63, 3.8) is 0 Å². The molecule has 1 aliphatic heterocycles. The van der Waals surface area contributed by atoms with Gasteiger partial charge in [0.15, 0.2) is 0 Å². The van der Waals surface area contributed by atoms with Crippen molar-refractivity contribution in [1.29, 1.82) is 0 Å². The quantitative estimate of drug-likeness (QED) is 0.600. The number of hydrogen-bond donors (Lipinski definition) is 2. The summed E-state index contributed by atoms with van der Waals surface area (Å²) in [5, 5.41) is 3.96. The Bertz CT molecular complexity index is 457. The van der Waals surface area contributed by atoms with E-state index in [1.165, 1.54) is 4.41 Å². The molecule has 0 spiro atoms. The molecule has 1 aromatic heterocycles. The van der Waals surface area contributed by atoms with E-state index in [2.05, 4.69) is 10.5 Å². The third kappa shape index (κ3) is 3.72. The molecule has 1 aromatic rings. The standard InChI is InChI=1S/C10H18FN5O2S/c1-14-5-8(11)3-10(14)7-16(19(17)18)13-9-4-12-15(2)6-9/h4,6,8,10,13H,3,5,7H2,1-2H3,(H,17,18)/t8-,10+/m1/s1. The number of likely N-dealkylation sites (tertiary alicyclic amines) is 1. The van der Waals surface area contributed by atoms with E-state index in [0.717, 1.165) is 0 Å². The van der Waals surface area contributed by atoms with E-state index in [1.807, 2.05) is 11.9 Å². The molecule has 19 heavy (non-hydrogen) atoms. The molecular formula is C10H18FN5O2S. The highest BCUT2D eigenvalue weighted by Crippen LogP contribution is 2.20. The Hall–Kier alpha value is -1.03. The maximum atomic E-state index is 13.3. The van der Waals surface area contributed by atoms with Crippen LogP contribution in [0.1, 0.15) is 6.42 Å². The summed E-state index contributed by atoms with van der Waals surface area (Å²) in [5.74, 6) is 0. The summed E-state index contributed by atoms with van der Waals surface area (Å²) >= 11 is -2.18. The van der Waals surface area contributed by atoms with Crippen LogP contribution in [0.3, 0.4) is 0 Å². The Morgan fingerprint density at radius 2 is 2.42 bits per heavy atom. The molecule has 7 nitrogen and oxygen atoms in total. The number of aryl methyl sites for hydroxylation is 1. The molecule has 0 radical (unpaired) electrons. The predicted octanol–water partition coefficient (Wildman–Crippen LogP) is 0.228. The monoisotopic (exact) mass is 291 g/mol. The number of halogens is 1. The smallest absolute Gasteiger partial charge is 0.253 e. The van der Waals surface area contributed by atoms with E-state index >= 15 is 0 Å². The lowest BCUT2D eigenvalue weighted by Crippen LogP contribution is -2.42. The normalized spacial score (nSPS) is 25.9. The number of nitrogens with one attached hydrogen (secondary N) is 1. The van der Waals surface area contributed by atoms with Crippen LogP contribution in [0.25, 0.3) is 0 Å². The van der Waals surface area contributed by atoms with Crippen molar-refractivity contribution in [1.82, 2.24) is 19.1 Å². The van der Waals surface area contributed by atoms with Crippen molar-refractivity contribution in [2.45, 2.75) is 18.6 Å². The Kier molecular flexibility index (Phi) is 4.50. The maximum Gasteiger partial charge on any atom is 0.253 e. The molecule has 1 saturated heterocycles. The molecule has 3 atom stereocenters. The molecule has 0 bridgehead atoms. The largest absolute Gasteiger partial charge is 0.302 e. The van der Waals surface area contributed by atoms with Gasteiger partial charge in [-0.15, -0.1) is 4.41 Å². The zero-order valence-corrected chi connectivity index (χ0v) is 11.7. The topological polar surface area (TPSA) is 73.6 Å². The number of rotatable bonds is 5. The third-order valence-corrected chi connectivity index (χ3v) is 3.78. The second kappa shape index (κ2) is 5.95. The highest BCUT2D eigenvalue weighted by Gasteiger charge is 2.32. The van der Waals surface area contributed by atoms with Gasteiger partial charge in [-0.1, -0.05) is 0 Å². The van der Waals surface area contributed by atoms with Gasteiger partial charge in [0.2, 0.25) is 0 Å². The fraction of sp³-hybridized carbons (Fsp3) is 0.700. The van der Waals surface area contributed by atoms with Crippen LogP contribution in [0.4, 0.5) is 10.1 Å². The van der Waals surface area contributed by atoms with E-state index in [0.29, 0.717) is 18.7 Å². The van der Waals surface area contributed by atoms with Crippen LogP contribution in [0.5, 0.6) is 0 Å². The van der Waals surface area contributed by atoms with Crippen LogP contribution in [0, 0.1) is 0 Å². The predicted molar refractivity (Wildman–Crippen MR) is 70.2 cm³/mol. The van der Waals surface area contributed by atoms with Crippen molar-refractivity contribution in [3.8, 4) is 0 Å². The summed E-state index contributed by atoms with van der Waals surface area (Å²) in [4.78, 5) is 1.86. The first-order valence-electron chi connectivity index (χ1n) is 5.94. The van der Waals surface area contributed by atoms with E-state index < -0.39 is 17.4 Å². The summed E-state index contributed by atoms with van der Waals surface area (Å²) in [6.07, 6.45) is 2.74. The molecular weight excluding hydrogens is 273 g/mol. The zero-order valence-electron chi connectivity index (χ0n) is 10.9. The van der Waals surface area contributed by atoms with Gasteiger partial charge in [0.05, 0.1) is 11.9 Å². The molecule has 2 heterocycles. The number of anilines is 1. The van der Waals surface area contributed by atoms with Crippen LogP contribution >= 0.6 is 0 Å².